The van der Waals surface area contributed by atoms with Gasteiger partial charge in [0.25, 0.3) is 0 Å². The number of hydrazine groups is 1. The summed E-state index contributed by atoms with van der Waals surface area (Å²) in [5.74, 6) is 1.03. The van der Waals surface area contributed by atoms with Crippen molar-refractivity contribution >= 4 is 23.1 Å². The third-order valence-corrected chi connectivity index (χ3v) is 8.76. The van der Waals surface area contributed by atoms with Crippen molar-refractivity contribution in [1.29, 1.82) is 0 Å². The largest absolute Gasteiger partial charge is 0.384 e. The van der Waals surface area contributed by atoms with Gasteiger partial charge in [-0.15, -0.1) is 0 Å². The minimum atomic E-state index is -1.26. The van der Waals surface area contributed by atoms with E-state index in [1.807, 2.05) is 18.2 Å². The molecule has 4 atom stereocenters. The van der Waals surface area contributed by atoms with Gasteiger partial charge in [0, 0.05) is 40.5 Å². The molecule has 0 spiro atoms. The van der Waals surface area contributed by atoms with Gasteiger partial charge in [0.15, 0.2) is 5.60 Å². The van der Waals surface area contributed by atoms with Gasteiger partial charge in [-0.1, -0.05) is 37.3 Å². The van der Waals surface area contributed by atoms with Gasteiger partial charge in [0.2, 0.25) is 0 Å². The first kappa shape index (κ1) is 20.7. The van der Waals surface area contributed by atoms with E-state index in [1.54, 1.807) is 0 Å². The number of benzene rings is 1. The van der Waals surface area contributed by atoms with Gasteiger partial charge in [-0.3, -0.25) is 5.43 Å². The normalized spacial score (nSPS) is 37.3. The molecule has 1 aromatic rings. The van der Waals surface area contributed by atoms with E-state index in [4.69, 9.17) is 17.3 Å². The zero-order valence-corrected chi connectivity index (χ0v) is 19.0. The smallest absolute Gasteiger partial charge is 0.153 e. The van der Waals surface area contributed by atoms with Crippen LogP contribution in [0.2, 0.25) is 5.02 Å². The number of hydrogen-bond acceptors (Lipinski definition) is 5. The van der Waals surface area contributed by atoms with Crippen molar-refractivity contribution in [2.24, 2.45) is 28.0 Å². The standard InChI is InChI=1S/C24H35ClN4O/c1-15(2)29-21-18(24(30)19-13-17(25)10-11-20(19)28-22(24)26)9-6-12-23(21,14-27-29)16-7-4-3-5-8-16/h10-11,13,15-16,18,21,27,30H,3-9,12,14H2,1-2H3,(H2,26,28). The second-order valence-electron chi connectivity index (χ2n) is 10.3. The maximum Gasteiger partial charge on any atom is 0.153 e. The Kier molecular flexibility index (Phi) is 5.17. The molecule has 0 bridgehead atoms. The maximum absolute atomic E-state index is 12.3. The van der Waals surface area contributed by atoms with Crippen molar-refractivity contribution in [3.05, 3.63) is 28.8 Å². The number of hydrogen-bond donors (Lipinski definition) is 3. The molecule has 5 nitrogen and oxygen atoms in total. The molecule has 2 heterocycles. The van der Waals surface area contributed by atoms with Gasteiger partial charge in [-0.05, 0) is 63.6 Å². The lowest BCUT2D eigenvalue weighted by molar-refractivity contribution is -0.0865. The molecule has 4 unspecified atom stereocenters. The van der Waals surface area contributed by atoms with Gasteiger partial charge in [0.05, 0.1) is 5.69 Å². The van der Waals surface area contributed by atoms with Crippen LogP contribution in [0.5, 0.6) is 0 Å². The summed E-state index contributed by atoms with van der Waals surface area (Å²) in [5.41, 5.74) is 10.7. The molecule has 164 valence electrons. The number of rotatable bonds is 3. The van der Waals surface area contributed by atoms with Crippen LogP contribution >= 0.6 is 11.6 Å². The molecule has 2 aliphatic heterocycles. The lowest BCUT2D eigenvalue weighted by Crippen LogP contribution is -2.61. The Bertz CT molecular complexity index is 852. The van der Waals surface area contributed by atoms with Crippen LogP contribution in [0.1, 0.15) is 70.8 Å². The van der Waals surface area contributed by atoms with Crippen LogP contribution in [0.15, 0.2) is 23.2 Å². The predicted octanol–water partition coefficient (Wildman–Crippen LogP) is 4.49. The van der Waals surface area contributed by atoms with Gasteiger partial charge in [-0.2, -0.15) is 0 Å². The zero-order valence-electron chi connectivity index (χ0n) is 18.2. The summed E-state index contributed by atoms with van der Waals surface area (Å²) in [4.78, 5) is 4.59. The summed E-state index contributed by atoms with van der Waals surface area (Å²) in [6, 6.07) is 6.17. The minimum absolute atomic E-state index is 0.00552. The maximum atomic E-state index is 12.3. The van der Waals surface area contributed by atoms with Crippen LogP contribution in [0.3, 0.4) is 0 Å². The van der Waals surface area contributed by atoms with Crippen LogP contribution in [0, 0.1) is 17.3 Å². The van der Waals surface area contributed by atoms with Crippen LogP contribution in [-0.2, 0) is 5.60 Å². The van der Waals surface area contributed by atoms with Gasteiger partial charge in [-0.25, -0.2) is 10.0 Å². The molecule has 2 aliphatic carbocycles. The van der Waals surface area contributed by atoms with E-state index in [1.165, 1.54) is 38.5 Å². The van der Waals surface area contributed by atoms with E-state index in [0.717, 1.165) is 30.6 Å². The van der Waals surface area contributed by atoms with Crippen molar-refractivity contribution < 1.29 is 5.11 Å². The summed E-state index contributed by atoms with van der Waals surface area (Å²) in [6.45, 7) is 5.50. The summed E-state index contributed by atoms with van der Waals surface area (Å²) in [7, 11) is 0. The Balaban J connectivity index is 1.62. The van der Waals surface area contributed by atoms with E-state index in [2.05, 4.69) is 29.3 Å². The second kappa shape index (κ2) is 7.47. The Morgan fingerprint density at radius 1 is 1.20 bits per heavy atom. The number of aliphatic imine (C=N–C) groups is 1. The third-order valence-electron chi connectivity index (χ3n) is 8.53. The number of nitrogens with zero attached hydrogens (tertiary/aromatic N) is 2. The molecule has 6 heteroatoms. The summed E-state index contributed by atoms with van der Waals surface area (Å²) >= 11 is 6.35. The SMILES string of the molecule is CC(C)N1NCC2(C3CCCCC3)CCCC(C3(O)C(N)=Nc4ccc(Cl)cc43)C12. The zero-order chi connectivity index (χ0) is 21.1. The molecular weight excluding hydrogens is 396 g/mol. The Hall–Kier alpha value is -1.14. The Morgan fingerprint density at radius 3 is 2.70 bits per heavy atom. The Morgan fingerprint density at radius 2 is 1.97 bits per heavy atom. The monoisotopic (exact) mass is 430 g/mol. The van der Waals surface area contributed by atoms with Gasteiger partial charge < -0.3 is 10.8 Å². The lowest BCUT2D eigenvalue weighted by Gasteiger charge is -2.54. The van der Waals surface area contributed by atoms with Gasteiger partial charge in [0.1, 0.15) is 5.84 Å². The summed E-state index contributed by atoms with van der Waals surface area (Å²) in [5, 5.41) is 15.3. The average Bonchev–Trinajstić information content (AvgIpc) is 3.26. The number of halogens is 1. The molecule has 0 aromatic heterocycles. The second-order valence-corrected chi connectivity index (χ2v) is 10.7. The number of fused-ring (bicyclic) bond motifs is 2. The summed E-state index contributed by atoms with van der Waals surface area (Å²) < 4.78 is 0. The molecule has 4 N–H and O–H groups in total. The molecule has 4 aliphatic rings. The molecular formula is C24H35ClN4O. The van der Waals surface area contributed by atoms with Crippen molar-refractivity contribution in [2.75, 3.05) is 6.54 Å². The van der Waals surface area contributed by atoms with Gasteiger partial charge >= 0.3 is 0 Å². The average molecular weight is 431 g/mol. The quantitative estimate of drug-likeness (QED) is 0.660. The Labute approximate surface area is 185 Å². The van der Waals surface area contributed by atoms with Crippen LogP contribution < -0.4 is 11.2 Å². The minimum Gasteiger partial charge on any atom is -0.384 e. The van der Waals surface area contributed by atoms with E-state index in [9.17, 15) is 5.11 Å². The molecule has 0 amide bonds. The van der Waals surface area contributed by atoms with E-state index in [-0.39, 0.29) is 17.4 Å². The van der Waals surface area contributed by atoms with E-state index >= 15 is 0 Å². The van der Waals surface area contributed by atoms with Crippen molar-refractivity contribution in [3.8, 4) is 0 Å². The molecule has 1 aromatic carbocycles. The first-order valence-electron chi connectivity index (χ1n) is 11.8. The topological polar surface area (TPSA) is 73.9 Å². The highest BCUT2D eigenvalue weighted by molar-refractivity contribution is 6.30. The van der Waals surface area contributed by atoms with Crippen LogP contribution in [0.25, 0.3) is 0 Å². The fraction of sp³-hybridized carbons (Fsp3) is 0.708. The van der Waals surface area contributed by atoms with E-state index in [0.29, 0.717) is 22.8 Å². The number of amidine groups is 1. The van der Waals surface area contributed by atoms with Crippen molar-refractivity contribution in [3.63, 3.8) is 0 Å². The molecule has 5 rings (SSSR count). The van der Waals surface area contributed by atoms with Crippen molar-refractivity contribution in [2.45, 2.75) is 82.9 Å². The first-order valence-corrected chi connectivity index (χ1v) is 12.1. The number of nitrogens with two attached hydrogens (primary N) is 1. The van der Waals surface area contributed by atoms with Crippen molar-refractivity contribution in [1.82, 2.24) is 10.4 Å². The van der Waals surface area contributed by atoms with Crippen LogP contribution in [-0.4, -0.2) is 34.6 Å². The first-order chi connectivity index (χ1) is 14.4. The molecule has 30 heavy (non-hydrogen) atoms. The summed E-state index contributed by atoms with van der Waals surface area (Å²) in [6.07, 6.45) is 9.93. The highest BCUT2D eigenvalue weighted by atomic mass is 35.5. The highest BCUT2D eigenvalue weighted by Crippen LogP contribution is 2.58. The van der Waals surface area contributed by atoms with E-state index < -0.39 is 5.60 Å². The predicted molar refractivity (Wildman–Crippen MR) is 122 cm³/mol. The number of nitrogens with one attached hydrogen (secondary N) is 1. The van der Waals surface area contributed by atoms with Crippen LogP contribution in [0.4, 0.5) is 5.69 Å². The fourth-order valence-corrected chi connectivity index (χ4v) is 7.39. The highest BCUT2D eigenvalue weighted by Gasteiger charge is 2.63. The molecule has 0 radical (unpaired) electrons. The third kappa shape index (κ3) is 2.89. The molecule has 2 saturated carbocycles. The fourth-order valence-electron chi connectivity index (χ4n) is 7.22. The number of aliphatic hydroxyl groups is 1. The lowest BCUT2D eigenvalue weighted by atomic mass is 9.54. The molecule has 3 fully saturated rings. The molecule has 1 saturated heterocycles.